The van der Waals surface area contributed by atoms with Crippen LogP contribution in [0, 0.1) is 0 Å². The topological polar surface area (TPSA) is 44.8 Å². The van der Waals surface area contributed by atoms with Gasteiger partial charge in [0.15, 0.2) is 23.0 Å². The van der Waals surface area contributed by atoms with Gasteiger partial charge >= 0.3 is 5.97 Å². The normalized spacial score (nSPS) is 13.7. The second-order valence-corrected chi connectivity index (χ2v) is 8.32. The fourth-order valence-electron chi connectivity index (χ4n) is 4.49. The summed E-state index contributed by atoms with van der Waals surface area (Å²) in [7, 11) is 0. The summed E-state index contributed by atoms with van der Waals surface area (Å²) in [5.74, 6) is 2.77. The summed E-state index contributed by atoms with van der Waals surface area (Å²) in [5, 5.41) is 0. The van der Waals surface area contributed by atoms with Crippen LogP contribution in [-0.2, 0) is 24.2 Å². The largest absolute Gasteiger partial charge is 0.457 e. The second-order valence-electron chi connectivity index (χ2n) is 8.32. The molecule has 0 amide bonds. The Morgan fingerprint density at radius 2 is 1.33 bits per heavy atom. The molecule has 2 aliphatic heterocycles. The van der Waals surface area contributed by atoms with Crippen molar-refractivity contribution >= 4 is 5.97 Å². The Balaban J connectivity index is 1.75. The highest BCUT2D eigenvalue weighted by atomic mass is 16.6. The van der Waals surface area contributed by atoms with Crippen molar-refractivity contribution in [3.05, 3.63) is 46.5 Å². The van der Waals surface area contributed by atoms with E-state index in [-0.39, 0.29) is 5.97 Å². The molecular weight excluding hydrogens is 376 g/mol. The lowest BCUT2D eigenvalue weighted by Gasteiger charge is -2.27. The van der Waals surface area contributed by atoms with E-state index >= 15 is 0 Å². The van der Waals surface area contributed by atoms with Gasteiger partial charge in [-0.15, -0.1) is 0 Å². The highest BCUT2D eigenvalue weighted by Gasteiger charge is 2.36. The van der Waals surface area contributed by atoms with Gasteiger partial charge < -0.3 is 14.2 Å². The lowest BCUT2D eigenvalue weighted by molar-refractivity contribution is 0.0533. The van der Waals surface area contributed by atoms with Gasteiger partial charge in [0.2, 0.25) is 0 Å². The predicted molar refractivity (Wildman–Crippen MR) is 118 cm³/mol. The third-order valence-corrected chi connectivity index (χ3v) is 6.11. The third-order valence-electron chi connectivity index (χ3n) is 6.11. The minimum absolute atomic E-state index is 0.212. The molecule has 0 radical (unpaired) electrons. The zero-order chi connectivity index (χ0) is 20.9. The van der Waals surface area contributed by atoms with Crippen LogP contribution in [0.2, 0.25) is 0 Å². The molecule has 0 bridgehead atoms. The SMILES string of the molecule is CCCCCCc1c2c(c(CCCCCC)c3c1Oc1ccccc1O3)C(=O)OC2. The summed E-state index contributed by atoms with van der Waals surface area (Å²) < 4.78 is 18.3. The van der Waals surface area contributed by atoms with Crippen molar-refractivity contribution in [2.24, 2.45) is 0 Å². The van der Waals surface area contributed by atoms with E-state index in [2.05, 4.69) is 13.8 Å². The van der Waals surface area contributed by atoms with Gasteiger partial charge in [-0.3, -0.25) is 0 Å². The molecule has 4 heteroatoms. The lowest BCUT2D eigenvalue weighted by atomic mass is 9.89. The molecule has 0 N–H and O–H groups in total. The van der Waals surface area contributed by atoms with Crippen molar-refractivity contribution in [3.8, 4) is 23.0 Å². The van der Waals surface area contributed by atoms with Gasteiger partial charge in [-0.05, 0) is 37.8 Å². The molecule has 0 aromatic heterocycles. The molecule has 0 saturated heterocycles. The van der Waals surface area contributed by atoms with Crippen LogP contribution >= 0.6 is 0 Å². The number of carbonyl (C=O) groups is 1. The van der Waals surface area contributed by atoms with Gasteiger partial charge in [-0.1, -0.05) is 64.5 Å². The average Bonchev–Trinajstić information content (AvgIpc) is 3.15. The second kappa shape index (κ2) is 9.55. The van der Waals surface area contributed by atoms with Gasteiger partial charge in [0.25, 0.3) is 0 Å². The number of para-hydroxylation sites is 2. The van der Waals surface area contributed by atoms with Crippen LogP contribution in [-0.4, -0.2) is 5.97 Å². The Labute approximate surface area is 179 Å². The molecule has 2 aromatic rings. The van der Waals surface area contributed by atoms with E-state index in [0.29, 0.717) is 12.4 Å². The number of unbranched alkanes of at least 4 members (excludes halogenated alkanes) is 6. The number of rotatable bonds is 10. The van der Waals surface area contributed by atoms with E-state index in [4.69, 9.17) is 14.2 Å². The summed E-state index contributed by atoms with van der Waals surface area (Å²) in [5.41, 5.74) is 3.81. The van der Waals surface area contributed by atoms with Crippen molar-refractivity contribution in [2.75, 3.05) is 0 Å². The van der Waals surface area contributed by atoms with E-state index in [9.17, 15) is 4.79 Å². The Bertz CT molecular complexity index is 916. The summed E-state index contributed by atoms with van der Waals surface area (Å²) in [4.78, 5) is 12.7. The first-order chi connectivity index (χ1) is 14.7. The average molecular weight is 409 g/mol. The van der Waals surface area contributed by atoms with Crippen LogP contribution in [0.5, 0.6) is 23.0 Å². The van der Waals surface area contributed by atoms with Crippen molar-refractivity contribution in [3.63, 3.8) is 0 Å². The maximum absolute atomic E-state index is 12.7. The van der Waals surface area contributed by atoms with Crippen molar-refractivity contribution < 1.29 is 19.0 Å². The molecule has 2 heterocycles. The quantitative estimate of drug-likeness (QED) is 0.257. The first-order valence-electron chi connectivity index (χ1n) is 11.6. The maximum atomic E-state index is 12.7. The summed E-state index contributed by atoms with van der Waals surface area (Å²) >= 11 is 0. The molecule has 0 atom stereocenters. The third kappa shape index (κ3) is 4.05. The number of ether oxygens (including phenoxy) is 3. The van der Waals surface area contributed by atoms with Gasteiger partial charge in [-0.2, -0.15) is 0 Å². The highest BCUT2D eigenvalue weighted by molar-refractivity contribution is 5.97. The van der Waals surface area contributed by atoms with E-state index < -0.39 is 0 Å². The first kappa shape index (κ1) is 20.8. The highest BCUT2D eigenvalue weighted by Crippen LogP contribution is 2.52. The summed E-state index contributed by atoms with van der Waals surface area (Å²) in [6.07, 6.45) is 10.9. The van der Waals surface area contributed by atoms with Gasteiger partial charge in [-0.25, -0.2) is 4.79 Å². The number of hydrogen-bond donors (Lipinski definition) is 0. The zero-order valence-corrected chi connectivity index (χ0v) is 18.2. The molecule has 0 saturated carbocycles. The molecule has 4 rings (SSSR count). The van der Waals surface area contributed by atoms with E-state index in [1.165, 1.54) is 32.1 Å². The number of hydrogen-bond acceptors (Lipinski definition) is 4. The van der Waals surface area contributed by atoms with E-state index in [0.717, 1.165) is 71.6 Å². The molecule has 2 aromatic carbocycles. The van der Waals surface area contributed by atoms with Crippen LogP contribution in [0.4, 0.5) is 0 Å². The maximum Gasteiger partial charge on any atom is 0.339 e. The smallest absolute Gasteiger partial charge is 0.339 e. The molecule has 30 heavy (non-hydrogen) atoms. The molecule has 160 valence electrons. The van der Waals surface area contributed by atoms with E-state index in [1.807, 2.05) is 24.3 Å². The lowest BCUT2D eigenvalue weighted by Crippen LogP contribution is -2.11. The minimum Gasteiger partial charge on any atom is -0.457 e. The van der Waals surface area contributed by atoms with Crippen LogP contribution in [0.25, 0.3) is 0 Å². The Hall–Kier alpha value is -2.49. The van der Waals surface area contributed by atoms with Crippen LogP contribution < -0.4 is 9.47 Å². The number of esters is 1. The fraction of sp³-hybridized carbons (Fsp3) is 0.500. The summed E-state index contributed by atoms with van der Waals surface area (Å²) in [6, 6.07) is 7.77. The number of carbonyl (C=O) groups excluding carboxylic acids is 1. The molecular formula is C26H32O4. The molecule has 0 fully saturated rings. The molecule has 0 unspecified atom stereocenters. The van der Waals surface area contributed by atoms with Gasteiger partial charge in [0, 0.05) is 16.7 Å². The molecule has 0 spiro atoms. The van der Waals surface area contributed by atoms with Crippen molar-refractivity contribution in [2.45, 2.75) is 84.7 Å². The Kier molecular flexibility index (Phi) is 6.61. The van der Waals surface area contributed by atoms with Gasteiger partial charge in [0.1, 0.15) is 6.61 Å². The van der Waals surface area contributed by atoms with Crippen molar-refractivity contribution in [1.29, 1.82) is 0 Å². The summed E-state index contributed by atoms with van der Waals surface area (Å²) in [6.45, 7) is 4.77. The minimum atomic E-state index is -0.212. The van der Waals surface area contributed by atoms with Gasteiger partial charge in [0.05, 0.1) is 5.56 Å². The predicted octanol–water partition coefficient (Wildman–Crippen LogP) is 7.50. The standard InChI is InChI=1S/C26H32O4/c1-3-5-7-9-13-18-20-17-28-26(27)23(20)19(14-10-8-6-4-2)25-24(18)29-21-15-11-12-16-22(21)30-25/h11-12,15-16H,3-10,13-14,17H2,1-2H3. The van der Waals surface area contributed by atoms with Crippen LogP contribution in [0.3, 0.4) is 0 Å². The Morgan fingerprint density at radius 3 is 1.93 bits per heavy atom. The Morgan fingerprint density at radius 1 is 0.767 bits per heavy atom. The molecule has 2 aliphatic rings. The number of benzene rings is 2. The van der Waals surface area contributed by atoms with Crippen molar-refractivity contribution in [1.82, 2.24) is 0 Å². The number of fused-ring (bicyclic) bond motifs is 3. The zero-order valence-electron chi connectivity index (χ0n) is 18.2. The van der Waals surface area contributed by atoms with Crippen LogP contribution in [0.1, 0.15) is 92.3 Å². The first-order valence-corrected chi connectivity index (χ1v) is 11.6. The monoisotopic (exact) mass is 408 g/mol. The molecule has 4 nitrogen and oxygen atoms in total. The molecule has 0 aliphatic carbocycles. The van der Waals surface area contributed by atoms with Crippen LogP contribution in [0.15, 0.2) is 24.3 Å². The fourth-order valence-corrected chi connectivity index (χ4v) is 4.49. The number of cyclic esters (lactones) is 1. The van der Waals surface area contributed by atoms with E-state index in [1.54, 1.807) is 0 Å².